The van der Waals surface area contributed by atoms with Crippen LogP contribution in [0.3, 0.4) is 0 Å². The van der Waals surface area contributed by atoms with Gasteiger partial charge in [0.15, 0.2) is 0 Å². The fraction of sp³-hybridized carbons (Fsp3) is 0.412. The third-order valence-corrected chi connectivity index (χ3v) is 3.59. The van der Waals surface area contributed by atoms with E-state index in [1.165, 1.54) is 0 Å². The largest absolute Gasteiger partial charge is 0.494 e. The number of anilines is 4. The maximum absolute atomic E-state index is 11.4. The molecule has 27 heavy (non-hydrogen) atoms. The molecule has 1 heterocycles. The number of nitrogens with two attached hydrogens (primary N) is 1. The zero-order chi connectivity index (χ0) is 19.8. The van der Waals surface area contributed by atoms with E-state index in [1.54, 1.807) is 24.3 Å². The van der Waals surface area contributed by atoms with E-state index < -0.39 is 4.92 Å². The first-order valence-corrected chi connectivity index (χ1v) is 8.61. The first-order valence-electron chi connectivity index (χ1n) is 8.61. The lowest BCUT2D eigenvalue weighted by atomic mass is 10.3. The molecular formula is C17H25N7O3. The van der Waals surface area contributed by atoms with E-state index in [-0.39, 0.29) is 23.3 Å². The van der Waals surface area contributed by atoms with Gasteiger partial charge in [0.2, 0.25) is 17.6 Å². The van der Waals surface area contributed by atoms with Gasteiger partial charge in [-0.3, -0.25) is 10.1 Å². The molecular weight excluding hydrogens is 350 g/mol. The zero-order valence-electron chi connectivity index (χ0n) is 15.7. The van der Waals surface area contributed by atoms with E-state index in [0.717, 1.165) is 13.0 Å². The third kappa shape index (κ3) is 5.96. The first-order chi connectivity index (χ1) is 12.9. The Hall–Kier alpha value is -3.14. The molecule has 0 fully saturated rings. The summed E-state index contributed by atoms with van der Waals surface area (Å²) >= 11 is 0. The highest BCUT2D eigenvalue weighted by molar-refractivity contribution is 5.74. The Labute approximate surface area is 157 Å². The summed E-state index contributed by atoms with van der Waals surface area (Å²) in [4.78, 5) is 21.1. The molecule has 0 saturated carbocycles. The minimum absolute atomic E-state index is 0.0340. The topological polar surface area (TPSA) is 131 Å². The molecule has 0 radical (unpaired) electrons. The molecule has 0 saturated heterocycles. The summed E-state index contributed by atoms with van der Waals surface area (Å²) in [5, 5.41) is 17.4. The van der Waals surface area contributed by atoms with Crippen molar-refractivity contribution in [3.8, 4) is 5.75 Å². The van der Waals surface area contributed by atoms with E-state index in [1.807, 2.05) is 21.0 Å². The normalized spacial score (nSPS) is 10.7. The van der Waals surface area contributed by atoms with Crippen molar-refractivity contribution >= 4 is 29.0 Å². The molecule has 4 N–H and O–H groups in total. The molecule has 0 amide bonds. The van der Waals surface area contributed by atoms with Crippen molar-refractivity contribution in [3.05, 3.63) is 34.4 Å². The number of benzene rings is 1. The van der Waals surface area contributed by atoms with Crippen LogP contribution < -0.4 is 21.1 Å². The van der Waals surface area contributed by atoms with E-state index in [9.17, 15) is 10.1 Å². The second-order valence-corrected chi connectivity index (χ2v) is 6.05. The Morgan fingerprint density at radius 1 is 1.26 bits per heavy atom. The van der Waals surface area contributed by atoms with E-state index >= 15 is 0 Å². The van der Waals surface area contributed by atoms with Gasteiger partial charge in [0.05, 0.1) is 11.5 Å². The molecule has 0 aliphatic rings. The standard InChI is InChI=1S/C17H25N7O3/c1-4-27-13-8-6-12(7-9-13)20-16-14(24(25)26)15(18)21-17(22-16)19-10-5-11-23(2)3/h6-9H,4-5,10-11H2,1-3H3,(H4,18,19,20,21,22). The third-order valence-electron chi connectivity index (χ3n) is 3.59. The van der Waals surface area contributed by atoms with Crippen LogP contribution >= 0.6 is 0 Å². The molecule has 2 aromatic rings. The number of aromatic nitrogens is 2. The van der Waals surface area contributed by atoms with Crippen molar-refractivity contribution in [1.29, 1.82) is 0 Å². The molecule has 1 aromatic carbocycles. The number of rotatable bonds is 10. The summed E-state index contributed by atoms with van der Waals surface area (Å²) in [6.07, 6.45) is 0.870. The summed E-state index contributed by atoms with van der Waals surface area (Å²) in [6.45, 7) is 3.97. The van der Waals surface area contributed by atoms with Gasteiger partial charge in [-0.2, -0.15) is 9.97 Å². The van der Waals surface area contributed by atoms with Crippen LogP contribution in [0.25, 0.3) is 0 Å². The van der Waals surface area contributed by atoms with Crippen molar-refractivity contribution in [1.82, 2.24) is 14.9 Å². The molecule has 0 atom stereocenters. The van der Waals surface area contributed by atoms with Crippen LogP contribution in [-0.2, 0) is 0 Å². The first kappa shape index (κ1) is 20.2. The lowest BCUT2D eigenvalue weighted by molar-refractivity contribution is -0.383. The number of ether oxygens (including phenoxy) is 1. The Kier molecular flexibility index (Phi) is 7.12. The maximum Gasteiger partial charge on any atom is 0.353 e. The van der Waals surface area contributed by atoms with Crippen LogP contribution in [-0.4, -0.2) is 53.6 Å². The minimum atomic E-state index is -0.595. The number of nitro groups is 1. The zero-order valence-corrected chi connectivity index (χ0v) is 15.7. The van der Waals surface area contributed by atoms with Crippen LogP contribution in [0.15, 0.2) is 24.3 Å². The summed E-state index contributed by atoms with van der Waals surface area (Å²) in [5.74, 6) is 0.790. The lowest BCUT2D eigenvalue weighted by Crippen LogP contribution is -2.17. The SMILES string of the molecule is CCOc1ccc(Nc2nc(NCCCN(C)C)nc(N)c2[N+](=O)[O-])cc1. The fourth-order valence-electron chi connectivity index (χ4n) is 2.35. The van der Waals surface area contributed by atoms with Crippen LogP contribution in [0.5, 0.6) is 5.75 Å². The molecule has 146 valence electrons. The number of nitrogen functional groups attached to an aromatic ring is 1. The number of hydrogen-bond acceptors (Lipinski definition) is 9. The highest BCUT2D eigenvalue weighted by atomic mass is 16.6. The fourth-order valence-corrected chi connectivity index (χ4v) is 2.35. The lowest BCUT2D eigenvalue weighted by Gasteiger charge is -2.12. The molecule has 2 rings (SSSR count). The predicted octanol–water partition coefficient (Wildman–Crippen LogP) is 2.47. The number of nitrogens with zero attached hydrogens (tertiary/aromatic N) is 4. The van der Waals surface area contributed by atoms with Crippen LogP contribution in [0.1, 0.15) is 13.3 Å². The molecule has 0 spiro atoms. The summed E-state index contributed by atoms with van der Waals surface area (Å²) in [7, 11) is 3.97. The monoisotopic (exact) mass is 375 g/mol. The van der Waals surface area contributed by atoms with Crippen LogP contribution in [0.2, 0.25) is 0 Å². The second-order valence-electron chi connectivity index (χ2n) is 6.05. The van der Waals surface area contributed by atoms with E-state index in [2.05, 4.69) is 25.5 Å². The Bertz CT molecular complexity index is 766. The highest BCUT2D eigenvalue weighted by Gasteiger charge is 2.23. The molecule has 0 aliphatic carbocycles. The Balaban J connectivity index is 2.19. The van der Waals surface area contributed by atoms with Crippen molar-refractivity contribution in [2.75, 3.05) is 50.2 Å². The number of nitrogens with one attached hydrogen (secondary N) is 2. The van der Waals surface area contributed by atoms with Gasteiger partial charge < -0.3 is 26.0 Å². The minimum Gasteiger partial charge on any atom is -0.494 e. The van der Waals surface area contributed by atoms with Gasteiger partial charge in [0, 0.05) is 12.2 Å². The molecule has 1 aromatic heterocycles. The van der Waals surface area contributed by atoms with Gasteiger partial charge in [-0.05, 0) is 58.3 Å². The summed E-state index contributed by atoms with van der Waals surface area (Å²) < 4.78 is 5.39. The van der Waals surface area contributed by atoms with Gasteiger partial charge in [-0.25, -0.2) is 0 Å². The average Bonchev–Trinajstić information content (AvgIpc) is 2.60. The summed E-state index contributed by atoms with van der Waals surface area (Å²) in [6, 6.07) is 7.03. The van der Waals surface area contributed by atoms with Gasteiger partial charge in [-0.1, -0.05) is 0 Å². The Morgan fingerprint density at radius 2 is 1.96 bits per heavy atom. The Morgan fingerprint density at radius 3 is 2.56 bits per heavy atom. The van der Waals surface area contributed by atoms with Gasteiger partial charge in [0.1, 0.15) is 5.75 Å². The van der Waals surface area contributed by atoms with Crippen LogP contribution in [0, 0.1) is 10.1 Å². The van der Waals surface area contributed by atoms with Gasteiger partial charge in [-0.15, -0.1) is 0 Å². The van der Waals surface area contributed by atoms with Crippen molar-refractivity contribution < 1.29 is 9.66 Å². The van der Waals surface area contributed by atoms with Crippen molar-refractivity contribution in [2.24, 2.45) is 0 Å². The molecule has 0 unspecified atom stereocenters. The molecule has 10 heteroatoms. The molecule has 10 nitrogen and oxygen atoms in total. The van der Waals surface area contributed by atoms with Crippen molar-refractivity contribution in [3.63, 3.8) is 0 Å². The van der Waals surface area contributed by atoms with E-state index in [0.29, 0.717) is 24.6 Å². The highest BCUT2D eigenvalue weighted by Crippen LogP contribution is 2.31. The number of hydrogen-bond donors (Lipinski definition) is 3. The quantitative estimate of drug-likeness (QED) is 0.325. The van der Waals surface area contributed by atoms with Crippen molar-refractivity contribution in [2.45, 2.75) is 13.3 Å². The molecule has 0 bridgehead atoms. The van der Waals surface area contributed by atoms with E-state index in [4.69, 9.17) is 10.5 Å². The maximum atomic E-state index is 11.4. The predicted molar refractivity (Wildman–Crippen MR) is 106 cm³/mol. The van der Waals surface area contributed by atoms with Gasteiger partial charge in [0.25, 0.3) is 0 Å². The molecule has 0 aliphatic heterocycles. The smallest absolute Gasteiger partial charge is 0.353 e. The average molecular weight is 375 g/mol. The second kappa shape index (κ2) is 9.53. The summed E-state index contributed by atoms with van der Waals surface area (Å²) in [5.41, 5.74) is 6.06. The van der Waals surface area contributed by atoms with Crippen LogP contribution in [0.4, 0.5) is 29.0 Å². The van der Waals surface area contributed by atoms with Gasteiger partial charge >= 0.3 is 5.69 Å².